The summed E-state index contributed by atoms with van der Waals surface area (Å²) in [7, 11) is 0. The first-order chi connectivity index (χ1) is 13.1. The van der Waals surface area contributed by atoms with Gasteiger partial charge >= 0.3 is 21.1 Å². The molecule has 0 amide bonds. The average Bonchev–Trinajstić information content (AvgIpc) is 2.62. The number of carbonyl (C=O) groups excluding carboxylic acids is 4. The molecule has 0 aliphatic carbocycles. The molecule has 0 spiro atoms. The van der Waals surface area contributed by atoms with Crippen molar-refractivity contribution in [2.24, 2.45) is 0 Å². The SMILES string of the molecule is CCCCC(=O)[O-].CCCCC(=O)[O-].CCCCC(=O)[O-].CCCCC(=O)[O-].[Mo+4]. The van der Waals surface area contributed by atoms with Crippen LogP contribution in [-0.4, -0.2) is 23.9 Å². The molecular weight excluding hydrogens is 464 g/mol. The van der Waals surface area contributed by atoms with Crippen LogP contribution in [0.5, 0.6) is 0 Å². The second-order valence-corrected chi connectivity index (χ2v) is 5.90. The van der Waals surface area contributed by atoms with Gasteiger partial charge in [-0.15, -0.1) is 0 Å². The van der Waals surface area contributed by atoms with E-state index in [1.165, 1.54) is 0 Å². The molecule has 0 bridgehead atoms. The fourth-order valence-electron chi connectivity index (χ4n) is 1.28. The van der Waals surface area contributed by atoms with E-state index < -0.39 is 23.9 Å². The zero-order valence-corrected chi connectivity index (χ0v) is 20.2. The third kappa shape index (κ3) is 75.6. The zero-order valence-electron chi connectivity index (χ0n) is 18.2. The Bertz CT molecular complexity index is 315. The summed E-state index contributed by atoms with van der Waals surface area (Å²) in [6.07, 6.45) is 7.47. The summed E-state index contributed by atoms with van der Waals surface area (Å²) >= 11 is 0. The quantitative estimate of drug-likeness (QED) is 0.330. The maximum atomic E-state index is 9.65. The summed E-state index contributed by atoms with van der Waals surface area (Å²) in [6.45, 7) is 7.79. The standard InChI is InChI=1S/4C5H10O2.Mo/c4*1-2-3-4-5(6)7;/h4*2-4H2,1H3,(H,6,7);/q;;;;+4/p-4. The topological polar surface area (TPSA) is 161 Å². The number of rotatable bonds is 12. The number of hydrogen-bond acceptors (Lipinski definition) is 8. The molecule has 29 heavy (non-hydrogen) atoms. The van der Waals surface area contributed by atoms with Crippen molar-refractivity contribution in [3.8, 4) is 0 Å². The fraction of sp³-hybridized carbons (Fsp3) is 0.800. The van der Waals surface area contributed by atoms with E-state index in [0.717, 1.165) is 51.4 Å². The van der Waals surface area contributed by atoms with Crippen molar-refractivity contribution in [1.82, 2.24) is 0 Å². The number of carboxylic acids is 4. The second kappa shape index (κ2) is 34.1. The molecule has 0 saturated heterocycles. The molecule has 0 aliphatic rings. The van der Waals surface area contributed by atoms with Gasteiger partial charge in [-0.1, -0.05) is 53.4 Å². The van der Waals surface area contributed by atoms with Gasteiger partial charge in [0.25, 0.3) is 0 Å². The Kier molecular flexibility index (Phi) is 44.9. The van der Waals surface area contributed by atoms with Gasteiger partial charge in [-0.25, -0.2) is 0 Å². The molecule has 0 heterocycles. The first-order valence-electron chi connectivity index (χ1n) is 9.88. The molecule has 0 saturated carbocycles. The first-order valence-corrected chi connectivity index (χ1v) is 9.88. The van der Waals surface area contributed by atoms with Crippen LogP contribution in [0.2, 0.25) is 0 Å². The van der Waals surface area contributed by atoms with Crippen LogP contribution in [0.3, 0.4) is 0 Å². The Morgan fingerprint density at radius 3 is 0.621 bits per heavy atom. The van der Waals surface area contributed by atoms with Crippen molar-refractivity contribution >= 4 is 23.9 Å². The van der Waals surface area contributed by atoms with Crippen LogP contribution in [0.15, 0.2) is 0 Å². The van der Waals surface area contributed by atoms with Crippen LogP contribution in [0.25, 0.3) is 0 Å². The van der Waals surface area contributed by atoms with E-state index in [2.05, 4.69) is 0 Å². The zero-order chi connectivity index (χ0) is 22.8. The normalized spacial score (nSPS) is 8.41. The van der Waals surface area contributed by atoms with Gasteiger partial charge in [0.1, 0.15) is 0 Å². The van der Waals surface area contributed by atoms with E-state index in [0.29, 0.717) is 0 Å². The predicted molar refractivity (Wildman–Crippen MR) is 98.1 cm³/mol. The minimum absolute atomic E-state index is 0. The van der Waals surface area contributed by atoms with E-state index in [-0.39, 0.29) is 46.7 Å². The van der Waals surface area contributed by atoms with Crippen LogP contribution < -0.4 is 20.4 Å². The number of carboxylic acid groups (broad SMARTS) is 4. The first kappa shape index (κ1) is 38.2. The number of aliphatic carboxylic acids is 4. The number of unbranched alkanes of at least 4 members (excludes halogenated alkanes) is 4. The third-order valence-corrected chi connectivity index (χ3v) is 2.94. The minimum atomic E-state index is -0.943. The summed E-state index contributed by atoms with van der Waals surface area (Å²) in [5, 5.41) is 38.6. The maximum absolute atomic E-state index is 9.65. The Labute approximate surface area is 189 Å². The van der Waals surface area contributed by atoms with Gasteiger partial charge in [0.2, 0.25) is 0 Å². The number of carbonyl (C=O) groups is 4. The molecule has 0 aromatic heterocycles. The third-order valence-electron chi connectivity index (χ3n) is 2.94. The van der Waals surface area contributed by atoms with Crippen molar-refractivity contribution in [2.45, 2.75) is 105 Å². The second-order valence-electron chi connectivity index (χ2n) is 5.90. The van der Waals surface area contributed by atoms with Crippen LogP contribution in [0, 0.1) is 0 Å². The fourth-order valence-corrected chi connectivity index (χ4v) is 1.28. The van der Waals surface area contributed by atoms with E-state index >= 15 is 0 Å². The smallest absolute Gasteiger partial charge is 0.550 e. The van der Waals surface area contributed by atoms with Crippen molar-refractivity contribution in [3.05, 3.63) is 0 Å². The van der Waals surface area contributed by atoms with Crippen molar-refractivity contribution in [3.63, 3.8) is 0 Å². The molecule has 0 rings (SSSR count). The Morgan fingerprint density at radius 2 is 0.586 bits per heavy atom. The molecule has 9 heteroatoms. The molecule has 0 aliphatic heterocycles. The van der Waals surface area contributed by atoms with Gasteiger partial charge in [-0.05, 0) is 51.4 Å². The molecule has 0 atom stereocenters. The summed E-state index contributed by atoms with van der Waals surface area (Å²) in [5.41, 5.74) is 0. The van der Waals surface area contributed by atoms with E-state index in [1.54, 1.807) is 0 Å². The van der Waals surface area contributed by atoms with Gasteiger partial charge < -0.3 is 39.6 Å². The molecule has 0 N–H and O–H groups in total. The molecule has 170 valence electrons. The van der Waals surface area contributed by atoms with Gasteiger partial charge in [0.15, 0.2) is 0 Å². The average molecular weight is 500 g/mol. The van der Waals surface area contributed by atoms with Crippen LogP contribution >= 0.6 is 0 Å². The van der Waals surface area contributed by atoms with Gasteiger partial charge in [-0.2, -0.15) is 0 Å². The largest absolute Gasteiger partial charge is 4.00 e. The van der Waals surface area contributed by atoms with Gasteiger partial charge in [0.05, 0.1) is 0 Å². The molecule has 0 unspecified atom stereocenters. The maximum Gasteiger partial charge on any atom is 4.00 e. The molecule has 0 radical (unpaired) electrons. The monoisotopic (exact) mass is 502 g/mol. The van der Waals surface area contributed by atoms with Crippen molar-refractivity contribution in [1.29, 1.82) is 0 Å². The molecule has 0 aromatic rings. The predicted octanol–water partition coefficient (Wildman–Crippen LogP) is -0.296. The number of hydrogen-bond donors (Lipinski definition) is 0. The summed E-state index contributed by atoms with van der Waals surface area (Å²) in [4.78, 5) is 38.6. The van der Waals surface area contributed by atoms with Crippen LogP contribution in [0.4, 0.5) is 0 Å². The summed E-state index contributed by atoms with van der Waals surface area (Å²) in [5.74, 6) is -3.77. The van der Waals surface area contributed by atoms with Gasteiger partial charge in [-0.3, -0.25) is 0 Å². The molecular formula is C20H36MoO8. The Morgan fingerprint density at radius 1 is 0.448 bits per heavy atom. The summed E-state index contributed by atoms with van der Waals surface area (Å²) < 4.78 is 0. The molecule has 0 fully saturated rings. The van der Waals surface area contributed by atoms with Crippen molar-refractivity contribution < 1.29 is 60.7 Å². The van der Waals surface area contributed by atoms with E-state index in [9.17, 15) is 39.6 Å². The summed E-state index contributed by atoms with van der Waals surface area (Å²) in [6, 6.07) is 0. The van der Waals surface area contributed by atoms with E-state index in [4.69, 9.17) is 0 Å². The molecule has 8 nitrogen and oxygen atoms in total. The van der Waals surface area contributed by atoms with Crippen LogP contribution in [0.1, 0.15) is 105 Å². The minimum Gasteiger partial charge on any atom is -0.550 e. The van der Waals surface area contributed by atoms with Crippen molar-refractivity contribution in [2.75, 3.05) is 0 Å². The van der Waals surface area contributed by atoms with E-state index in [1.807, 2.05) is 27.7 Å². The van der Waals surface area contributed by atoms with Crippen LogP contribution in [-0.2, 0) is 40.2 Å². The molecule has 0 aromatic carbocycles. The Balaban J connectivity index is -0.0000000873. The van der Waals surface area contributed by atoms with Gasteiger partial charge in [0, 0.05) is 23.9 Å². The Hall–Kier alpha value is -1.43.